The number of hydrogen-bond donors (Lipinski definition) is 1. The van der Waals surface area contributed by atoms with Gasteiger partial charge in [0.05, 0.1) is 11.8 Å². The molecule has 7 heteroatoms. The molecule has 0 fully saturated rings. The number of carbonyl (C=O) groups excluding carboxylic acids is 2. The average Bonchev–Trinajstić information content (AvgIpc) is 2.63. The SMILES string of the molecule is CC(C)Oc1ccc(CNC(=O)CN2C(=O)COc3cc(Br)ccc32)cc1. The number of carbonyl (C=O) groups is 2. The first kappa shape index (κ1) is 19.2. The van der Waals surface area contributed by atoms with Crippen molar-refractivity contribution in [2.45, 2.75) is 26.5 Å². The van der Waals surface area contributed by atoms with Crippen molar-refractivity contribution in [3.8, 4) is 11.5 Å². The van der Waals surface area contributed by atoms with E-state index in [1.54, 1.807) is 12.1 Å². The lowest BCUT2D eigenvalue weighted by Crippen LogP contribution is -2.45. The second-order valence-electron chi connectivity index (χ2n) is 6.47. The van der Waals surface area contributed by atoms with Crippen LogP contribution in [0.1, 0.15) is 19.4 Å². The molecule has 2 amide bonds. The van der Waals surface area contributed by atoms with Crippen LogP contribution in [0, 0.1) is 0 Å². The third-order valence-electron chi connectivity index (χ3n) is 3.95. The number of halogens is 1. The van der Waals surface area contributed by atoms with Gasteiger partial charge in [-0.2, -0.15) is 0 Å². The number of fused-ring (bicyclic) bond motifs is 1. The highest BCUT2D eigenvalue weighted by Crippen LogP contribution is 2.34. The second-order valence-corrected chi connectivity index (χ2v) is 7.38. The van der Waals surface area contributed by atoms with E-state index in [1.807, 2.05) is 44.2 Å². The third-order valence-corrected chi connectivity index (χ3v) is 4.44. The molecule has 0 unspecified atom stereocenters. The summed E-state index contributed by atoms with van der Waals surface area (Å²) in [5.74, 6) is 0.899. The molecular weight excluding hydrogens is 412 g/mol. The molecule has 1 N–H and O–H groups in total. The lowest BCUT2D eigenvalue weighted by molar-refractivity contribution is -0.125. The van der Waals surface area contributed by atoms with Crippen LogP contribution in [-0.4, -0.2) is 31.1 Å². The molecule has 1 heterocycles. The van der Waals surface area contributed by atoms with Gasteiger partial charge >= 0.3 is 0 Å². The predicted molar refractivity (Wildman–Crippen MR) is 106 cm³/mol. The Morgan fingerprint density at radius 3 is 2.70 bits per heavy atom. The van der Waals surface area contributed by atoms with Gasteiger partial charge in [-0.3, -0.25) is 14.5 Å². The Bertz CT molecular complexity index is 836. The fraction of sp³-hybridized carbons (Fsp3) is 0.300. The fourth-order valence-electron chi connectivity index (χ4n) is 2.71. The van der Waals surface area contributed by atoms with E-state index in [9.17, 15) is 9.59 Å². The van der Waals surface area contributed by atoms with Gasteiger partial charge in [0.15, 0.2) is 6.61 Å². The molecule has 0 bridgehead atoms. The molecule has 0 saturated heterocycles. The quantitative estimate of drug-likeness (QED) is 0.760. The summed E-state index contributed by atoms with van der Waals surface area (Å²) in [6.45, 7) is 4.20. The van der Waals surface area contributed by atoms with E-state index in [2.05, 4.69) is 21.2 Å². The Morgan fingerprint density at radius 2 is 2.00 bits per heavy atom. The van der Waals surface area contributed by atoms with E-state index >= 15 is 0 Å². The zero-order chi connectivity index (χ0) is 19.4. The van der Waals surface area contributed by atoms with Crippen LogP contribution in [-0.2, 0) is 16.1 Å². The molecule has 1 aliphatic heterocycles. The van der Waals surface area contributed by atoms with Gasteiger partial charge in [-0.25, -0.2) is 0 Å². The van der Waals surface area contributed by atoms with Crippen molar-refractivity contribution in [3.05, 3.63) is 52.5 Å². The number of benzene rings is 2. The monoisotopic (exact) mass is 432 g/mol. The highest BCUT2D eigenvalue weighted by Gasteiger charge is 2.27. The molecule has 27 heavy (non-hydrogen) atoms. The normalized spacial score (nSPS) is 13.2. The average molecular weight is 433 g/mol. The number of amides is 2. The van der Waals surface area contributed by atoms with Crippen LogP contribution in [0.4, 0.5) is 5.69 Å². The summed E-state index contributed by atoms with van der Waals surface area (Å²) in [6, 6.07) is 12.9. The van der Waals surface area contributed by atoms with E-state index in [1.165, 1.54) is 4.90 Å². The Kier molecular flexibility index (Phi) is 6.01. The summed E-state index contributed by atoms with van der Waals surface area (Å²) in [7, 11) is 0. The molecule has 0 aromatic heterocycles. The standard InChI is InChI=1S/C20H21BrN2O4/c1-13(2)27-16-6-3-14(4-7-16)10-22-19(24)11-23-17-8-5-15(21)9-18(17)26-12-20(23)25/h3-9,13H,10-12H2,1-2H3,(H,22,24). The van der Waals surface area contributed by atoms with Gasteiger partial charge in [0.25, 0.3) is 5.91 Å². The molecule has 0 atom stereocenters. The first-order chi connectivity index (χ1) is 12.9. The zero-order valence-electron chi connectivity index (χ0n) is 15.2. The summed E-state index contributed by atoms with van der Waals surface area (Å²) in [5.41, 5.74) is 1.55. The molecular formula is C20H21BrN2O4. The van der Waals surface area contributed by atoms with Crippen molar-refractivity contribution >= 4 is 33.4 Å². The maximum atomic E-state index is 12.3. The topological polar surface area (TPSA) is 67.9 Å². The molecule has 2 aromatic rings. The molecule has 0 radical (unpaired) electrons. The first-order valence-corrected chi connectivity index (χ1v) is 9.46. The van der Waals surface area contributed by atoms with Crippen LogP contribution >= 0.6 is 15.9 Å². The van der Waals surface area contributed by atoms with E-state index in [0.717, 1.165) is 15.8 Å². The van der Waals surface area contributed by atoms with Gasteiger partial charge in [0.1, 0.15) is 18.0 Å². The van der Waals surface area contributed by atoms with Gasteiger partial charge in [-0.05, 0) is 49.7 Å². The van der Waals surface area contributed by atoms with Crippen molar-refractivity contribution in [2.75, 3.05) is 18.1 Å². The second kappa shape index (κ2) is 8.43. The minimum atomic E-state index is -0.241. The molecule has 2 aromatic carbocycles. The highest BCUT2D eigenvalue weighted by molar-refractivity contribution is 9.10. The van der Waals surface area contributed by atoms with Crippen LogP contribution in [0.5, 0.6) is 11.5 Å². The lowest BCUT2D eigenvalue weighted by Gasteiger charge is -2.29. The van der Waals surface area contributed by atoms with E-state index in [-0.39, 0.29) is 31.1 Å². The van der Waals surface area contributed by atoms with Crippen LogP contribution in [0.2, 0.25) is 0 Å². The highest BCUT2D eigenvalue weighted by atomic mass is 79.9. The van der Waals surface area contributed by atoms with Crippen molar-refractivity contribution in [1.29, 1.82) is 0 Å². The van der Waals surface area contributed by atoms with Gasteiger partial charge in [0.2, 0.25) is 5.91 Å². The van der Waals surface area contributed by atoms with Crippen LogP contribution in [0.25, 0.3) is 0 Å². The maximum Gasteiger partial charge on any atom is 0.265 e. The summed E-state index contributed by atoms with van der Waals surface area (Å²) >= 11 is 3.37. The van der Waals surface area contributed by atoms with Crippen LogP contribution < -0.4 is 19.7 Å². The largest absolute Gasteiger partial charge is 0.491 e. The molecule has 0 aliphatic carbocycles. The Morgan fingerprint density at radius 1 is 1.26 bits per heavy atom. The summed E-state index contributed by atoms with van der Waals surface area (Å²) in [6.07, 6.45) is 0.116. The van der Waals surface area contributed by atoms with Crippen molar-refractivity contribution in [2.24, 2.45) is 0 Å². The number of anilines is 1. The minimum absolute atomic E-state index is 0.0502. The molecule has 3 rings (SSSR count). The third kappa shape index (κ3) is 5.01. The van der Waals surface area contributed by atoms with Gasteiger partial charge < -0.3 is 14.8 Å². The summed E-state index contributed by atoms with van der Waals surface area (Å²) in [4.78, 5) is 26.0. The van der Waals surface area contributed by atoms with Gasteiger partial charge in [-0.1, -0.05) is 28.1 Å². The van der Waals surface area contributed by atoms with Gasteiger partial charge in [0, 0.05) is 11.0 Å². The molecule has 6 nitrogen and oxygen atoms in total. The van der Waals surface area contributed by atoms with Crippen molar-refractivity contribution in [3.63, 3.8) is 0 Å². The van der Waals surface area contributed by atoms with Crippen LogP contribution in [0.15, 0.2) is 46.9 Å². The lowest BCUT2D eigenvalue weighted by atomic mass is 10.2. The molecule has 0 saturated carbocycles. The maximum absolute atomic E-state index is 12.3. The summed E-state index contributed by atoms with van der Waals surface area (Å²) < 4.78 is 11.9. The molecule has 142 valence electrons. The zero-order valence-corrected chi connectivity index (χ0v) is 16.8. The summed E-state index contributed by atoms with van der Waals surface area (Å²) in [5, 5.41) is 2.85. The van der Waals surface area contributed by atoms with E-state index in [4.69, 9.17) is 9.47 Å². The molecule has 0 spiro atoms. The predicted octanol–water partition coefficient (Wildman–Crippen LogP) is 3.28. The Balaban J connectivity index is 1.59. The number of ether oxygens (including phenoxy) is 2. The van der Waals surface area contributed by atoms with E-state index in [0.29, 0.717) is 18.0 Å². The first-order valence-electron chi connectivity index (χ1n) is 8.67. The number of nitrogens with zero attached hydrogens (tertiary/aromatic N) is 1. The molecule has 1 aliphatic rings. The number of rotatable bonds is 6. The smallest absolute Gasteiger partial charge is 0.265 e. The fourth-order valence-corrected chi connectivity index (χ4v) is 3.05. The Hall–Kier alpha value is -2.54. The van der Waals surface area contributed by atoms with Crippen molar-refractivity contribution < 1.29 is 19.1 Å². The van der Waals surface area contributed by atoms with Crippen LogP contribution in [0.3, 0.4) is 0 Å². The number of hydrogen-bond acceptors (Lipinski definition) is 4. The van der Waals surface area contributed by atoms with Crippen molar-refractivity contribution in [1.82, 2.24) is 5.32 Å². The van der Waals surface area contributed by atoms with Gasteiger partial charge in [-0.15, -0.1) is 0 Å². The number of nitrogens with one attached hydrogen (secondary N) is 1. The van der Waals surface area contributed by atoms with E-state index < -0.39 is 0 Å². The Labute approximate surface area is 166 Å². The minimum Gasteiger partial charge on any atom is -0.491 e.